The molecule has 3 nitrogen and oxygen atoms in total. The highest BCUT2D eigenvalue weighted by Crippen LogP contribution is 2.35. The highest BCUT2D eigenvalue weighted by molar-refractivity contribution is 7.15. The van der Waals surface area contributed by atoms with E-state index in [0.717, 1.165) is 21.4 Å². The Bertz CT molecular complexity index is 601. The van der Waals surface area contributed by atoms with Gasteiger partial charge in [-0.1, -0.05) is 38.2 Å². The van der Waals surface area contributed by atoms with E-state index in [0.29, 0.717) is 6.54 Å². The largest absolute Gasteiger partial charge is 0.326 e. The number of benzene rings is 1. The number of thiazole rings is 1. The van der Waals surface area contributed by atoms with Gasteiger partial charge in [-0.2, -0.15) is 0 Å². The minimum atomic E-state index is -0.249. The van der Waals surface area contributed by atoms with E-state index < -0.39 is 0 Å². The lowest BCUT2D eigenvalue weighted by Crippen LogP contribution is -2.16. The summed E-state index contributed by atoms with van der Waals surface area (Å²) in [6.45, 7) is 6.83. The molecule has 0 aliphatic heterocycles. The summed E-state index contributed by atoms with van der Waals surface area (Å²) in [6.07, 6.45) is 0. The maximum absolute atomic E-state index is 13.3. The Labute approximate surface area is 123 Å². The molecule has 0 aliphatic rings. The summed E-state index contributed by atoms with van der Waals surface area (Å²) in [4.78, 5) is 7.67. The van der Waals surface area contributed by atoms with Gasteiger partial charge in [0.05, 0.1) is 5.69 Å². The van der Waals surface area contributed by atoms with Gasteiger partial charge in [-0.3, -0.25) is 0 Å². The van der Waals surface area contributed by atoms with Crippen molar-refractivity contribution < 1.29 is 4.39 Å². The topological polar surface area (TPSA) is 42.2 Å². The van der Waals surface area contributed by atoms with Crippen molar-refractivity contribution in [3.8, 4) is 0 Å². The number of anilines is 2. The predicted molar refractivity (Wildman–Crippen MR) is 83.2 cm³/mol. The van der Waals surface area contributed by atoms with E-state index in [-0.39, 0.29) is 11.2 Å². The molecule has 1 aromatic heterocycles. The van der Waals surface area contributed by atoms with Crippen LogP contribution in [0.25, 0.3) is 0 Å². The molecule has 0 unspecified atom stereocenters. The normalized spacial score (nSPS) is 11.7. The molecule has 0 saturated heterocycles. The number of nitrogens with zero attached hydrogens (tertiary/aromatic N) is 2. The Morgan fingerprint density at radius 1 is 1.35 bits per heavy atom. The fourth-order valence-corrected chi connectivity index (χ4v) is 3.13. The molecule has 0 aliphatic carbocycles. The van der Waals surface area contributed by atoms with E-state index in [4.69, 9.17) is 10.7 Å². The molecule has 0 bridgehead atoms. The molecule has 2 aromatic rings. The molecular formula is C15H20FN3S. The van der Waals surface area contributed by atoms with Crippen molar-refractivity contribution in [2.24, 2.45) is 5.73 Å². The van der Waals surface area contributed by atoms with Crippen LogP contribution in [0.3, 0.4) is 0 Å². The van der Waals surface area contributed by atoms with Crippen LogP contribution in [0.5, 0.6) is 0 Å². The minimum Gasteiger partial charge on any atom is -0.326 e. The van der Waals surface area contributed by atoms with E-state index in [2.05, 4.69) is 20.8 Å². The zero-order valence-electron chi connectivity index (χ0n) is 12.3. The summed E-state index contributed by atoms with van der Waals surface area (Å²) < 4.78 is 13.3. The van der Waals surface area contributed by atoms with Crippen molar-refractivity contribution in [3.63, 3.8) is 0 Å². The number of hydrogen-bond acceptors (Lipinski definition) is 4. The summed E-state index contributed by atoms with van der Waals surface area (Å²) in [6, 6.07) is 6.50. The number of hydrogen-bond donors (Lipinski definition) is 1. The highest BCUT2D eigenvalue weighted by Gasteiger charge is 2.24. The van der Waals surface area contributed by atoms with E-state index in [1.54, 1.807) is 17.4 Å². The summed E-state index contributed by atoms with van der Waals surface area (Å²) in [7, 11) is 1.89. The van der Waals surface area contributed by atoms with Gasteiger partial charge in [0.25, 0.3) is 0 Å². The van der Waals surface area contributed by atoms with E-state index >= 15 is 0 Å². The Morgan fingerprint density at radius 2 is 2.05 bits per heavy atom. The van der Waals surface area contributed by atoms with E-state index in [1.165, 1.54) is 12.1 Å². The molecule has 0 saturated carbocycles. The zero-order chi connectivity index (χ0) is 14.9. The van der Waals surface area contributed by atoms with Crippen LogP contribution in [-0.2, 0) is 12.0 Å². The van der Waals surface area contributed by atoms with Crippen LogP contribution < -0.4 is 10.6 Å². The maximum atomic E-state index is 13.3. The maximum Gasteiger partial charge on any atom is 0.190 e. The second-order valence-corrected chi connectivity index (χ2v) is 6.82. The van der Waals surface area contributed by atoms with Crippen molar-refractivity contribution in [2.45, 2.75) is 32.7 Å². The van der Waals surface area contributed by atoms with Gasteiger partial charge in [0.2, 0.25) is 0 Å². The Balaban J connectivity index is 2.41. The smallest absolute Gasteiger partial charge is 0.190 e. The van der Waals surface area contributed by atoms with Gasteiger partial charge < -0.3 is 10.6 Å². The molecule has 20 heavy (non-hydrogen) atoms. The third-order valence-electron chi connectivity index (χ3n) is 3.06. The van der Waals surface area contributed by atoms with Crippen LogP contribution in [0.4, 0.5) is 15.2 Å². The first-order valence-corrected chi connectivity index (χ1v) is 7.34. The first-order valence-electron chi connectivity index (χ1n) is 6.52. The Kier molecular flexibility index (Phi) is 4.11. The molecule has 108 valence electrons. The summed E-state index contributed by atoms with van der Waals surface area (Å²) in [5.41, 5.74) is 7.56. The van der Waals surface area contributed by atoms with Crippen molar-refractivity contribution in [1.82, 2.24) is 4.98 Å². The number of nitrogens with two attached hydrogens (primary N) is 1. The third kappa shape index (κ3) is 2.99. The van der Waals surface area contributed by atoms with Gasteiger partial charge in [-0.15, -0.1) is 0 Å². The number of halogens is 1. The average molecular weight is 293 g/mol. The van der Waals surface area contributed by atoms with Gasteiger partial charge >= 0.3 is 0 Å². The van der Waals surface area contributed by atoms with Gasteiger partial charge in [0.1, 0.15) is 5.82 Å². The molecule has 5 heteroatoms. The molecule has 0 radical (unpaired) electrons. The Morgan fingerprint density at radius 3 is 2.55 bits per heavy atom. The fraction of sp³-hybridized carbons (Fsp3) is 0.400. The lowest BCUT2D eigenvalue weighted by atomic mass is 9.91. The molecular weight excluding hydrogens is 273 g/mol. The second-order valence-electron chi connectivity index (χ2n) is 5.76. The number of aromatic nitrogens is 1. The van der Waals surface area contributed by atoms with Crippen molar-refractivity contribution in [3.05, 3.63) is 40.7 Å². The predicted octanol–water partition coefficient (Wildman–Crippen LogP) is 3.81. The van der Waals surface area contributed by atoms with Crippen LogP contribution in [0.15, 0.2) is 24.3 Å². The quantitative estimate of drug-likeness (QED) is 0.935. The molecule has 0 spiro atoms. The van der Waals surface area contributed by atoms with Crippen LogP contribution in [0.2, 0.25) is 0 Å². The average Bonchev–Trinajstić information content (AvgIpc) is 2.82. The molecule has 2 rings (SSSR count). The standard InChI is InChI=1S/C15H20FN3S/c1-15(2,3)13-12(9-17)20-14(18-13)19(4)11-7-5-6-10(16)8-11/h5-8H,9,17H2,1-4H3. The van der Waals surface area contributed by atoms with Gasteiger partial charge in [0, 0.05) is 29.6 Å². The van der Waals surface area contributed by atoms with Crippen LogP contribution >= 0.6 is 11.3 Å². The summed E-state index contributed by atoms with van der Waals surface area (Å²) in [5, 5.41) is 0.834. The van der Waals surface area contributed by atoms with Gasteiger partial charge in [-0.05, 0) is 18.2 Å². The lowest BCUT2D eigenvalue weighted by Gasteiger charge is -2.18. The molecule has 1 aromatic carbocycles. The molecule has 2 N–H and O–H groups in total. The summed E-state index contributed by atoms with van der Waals surface area (Å²) in [5.74, 6) is -0.249. The summed E-state index contributed by atoms with van der Waals surface area (Å²) >= 11 is 1.56. The third-order valence-corrected chi connectivity index (χ3v) is 4.22. The highest BCUT2D eigenvalue weighted by atomic mass is 32.1. The van der Waals surface area contributed by atoms with E-state index in [1.807, 2.05) is 18.0 Å². The Hall–Kier alpha value is -1.46. The fourth-order valence-electron chi connectivity index (χ4n) is 2.00. The second kappa shape index (κ2) is 5.50. The van der Waals surface area contributed by atoms with Crippen molar-refractivity contribution in [1.29, 1.82) is 0 Å². The van der Waals surface area contributed by atoms with Crippen LogP contribution in [0, 0.1) is 5.82 Å². The van der Waals surface area contributed by atoms with Crippen LogP contribution in [-0.4, -0.2) is 12.0 Å². The minimum absolute atomic E-state index is 0.0494. The first kappa shape index (κ1) is 14.9. The molecule has 1 heterocycles. The SMILES string of the molecule is CN(c1cccc(F)c1)c1nc(C(C)(C)C)c(CN)s1. The van der Waals surface area contributed by atoms with Crippen molar-refractivity contribution in [2.75, 3.05) is 11.9 Å². The number of rotatable bonds is 3. The first-order chi connectivity index (χ1) is 9.32. The van der Waals surface area contributed by atoms with Gasteiger partial charge in [0.15, 0.2) is 5.13 Å². The van der Waals surface area contributed by atoms with Gasteiger partial charge in [-0.25, -0.2) is 9.37 Å². The molecule has 0 fully saturated rings. The molecule has 0 atom stereocenters. The zero-order valence-corrected chi connectivity index (χ0v) is 13.1. The molecule has 0 amide bonds. The van der Waals surface area contributed by atoms with Crippen LogP contribution in [0.1, 0.15) is 31.3 Å². The van der Waals surface area contributed by atoms with Crippen molar-refractivity contribution >= 4 is 22.2 Å². The van der Waals surface area contributed by atoms with E-state index in [9.17, 15) is 4.39 Å². The lowest BCUT2D eigenvalue weighted by molar-refractivity contribution is 0.566. The monoisotopic (exact) mass is 293 g/mol.